The quantitative estimate of drug-likeness (QED) is 0.793. The highest BCUT2D eigenvalue weighted by Gasteiger charge is 2.22. The van der Waals surface area contributed by atoms with Crippen molar-refractivity contribution < 1.29 is 17.9 Å². The highest BCUT2D eigenvalue weighted by atomic mass is 32.2. The minimum atomic E-state index is -3.49. The van der Waals surface area contributed by atoms with Crippen molar-refractivity contribution in [2.75, 3.05) is 6.61 Å². The minimum absolute atomic E-state index is 0.0376. The second-order valence-electron chi connectivity index (χ2n) is 6.08. The van der Waals surface area contributed by atoms with Gasteiger partial charge in [-0.3, -0.25) is 4.79 Å². The van der Waals surface area contributed by atoms with Crippen molar-refractivity contribution in [3.05, 3.63) is 24.3 Å². The predicted molar refractivity (Wildman–Crippen MR) is 87.8 cm³/mol. The first kappa shape index (κ1) is 17.7. The van der Waals surface area contributed by atoms with Gasteiger partial charge in [-0.25, -0.2) is 13.1 Å². The maximum atomic E-state index is 12.3. The zero-order valence-corrected chi connectivity index (χ0v) is 14.4. The Morgan fingerprint density at radius 3 is 2.39 bits per heavy atom. The maximum absolute atomic E-state index is 12.3. The lowest BCUT2D eigenvalue weighted by Crippen LogP contribution is -2.34. The second kappa shape index (κ2) is 7.79. The smallest absolute Gasteiger partial charge is 0.258 e. The predicted octanol–water partition coefficient (Wildman–Crippen LogP) is 1.81. The van der Waals surface area contributed by atoms with Crippen molar-refractivity contribution in [3.8, 4) is 5.75 Å². The molecule has 7 heteroatoms. The van der Waals surface area contributed by atoms with Gasteiger partial charge in [0, 0.05) is 12.1 Å². The zero-order chi connectivity index (χ0) is 16.9. The number of amides is 1. The molecule has 1 aromatic carbocycles. The summed E-state index contributed by atoms with van der Waals surface area (Å²) in [5.41, 5.74) is 0. The molecule has 0 atom stereocenters. The molecule has 1 amide bonds. The average Bonchev–Trinajstić information content (AvgIpc) is 2.97. The largest absolute Gasteiger partial charge is 0.484 e. The molecule has 1 aliphatic rings. The summed E-state index contributed by atoms with van der Waals surface area (Å²) in [7, 11) is -3.49. The third-order valence-corrected chi connectivity index (χ3v) is 5.17. The van der Waals surface area contributed by atoms with Gasteiger partial charge in [-0.15, -0.1) is 0 Å². The topological polar surface area (TPSA) is 84.5 Å². The first-order valence-electron chi connectivity index (χ1n) is 7.91. The Bertz CT molecular complexity index is 620. The van der Waals surface area contributed by atoms with E-state index in [1.54, 1.807) is 12.1 Å². The van der Waals surface area contributed by atoms with Gasteiger partial charge in [-0.2, -0.15) is 0 Å². The maximum Gasteiger partial charge on any atom is 0.258 e. The lowest BCUT2D eigenvalue weighted by Gasteiger charge is -2.13. The lowest BCUT2D eigenvalue weighted by molar-refractivity contribution is -0.123. The molecule has 0 radical (unpaired) electrons. The second-order valence-corrected chi connectivity index (χ2v) is 7.80. The summed E-state index contributed by atoms with van der Waals surface area (Å²) in [5.74, 6) is 0.253. The number of sulfonamides is 1. The molecule has 2 rings (SSSR count). The molecule has 6 nitrogen and oxygen atoms in total. The molecule has 0 saturated heterocycles. The first-order chi connectivity index (χ1) is 10.9. The van der Waals surface area contributed by atoms with E-state index in [1.807, 2.05) is 13.8 Å². The molecular formula is C16H24N2O4S. The summed E-state index contributed by atoms with van der Waals surface area (Å²) in [6, 6.07) is 6.20. The summed E-state index contributed by atoms with van der Waals surface area (Å²) >= 11 is 0. The molecule has 0 aromatic heterocycles. The van der Waals surface area contributed by atoms with E-state index in [9.17, 15) is 13.2 Å². The van der Waals surface area contributed by atoms with Gasteiger partial charge in [0.1, 0.15) is 5.75 Å². The van der Waals surface area contributed by atoms with Crippen molar-refractivity contribution >= 4 is 15.9 Å². The normalized spacial score (nSPS) is 15.8. The van der Waals surface area contributed by atoms with Crippen LogP contribution in [0.25, 0.3) is 0 Å². The van der Waals surface area contributed by atoms with Crippen LogP contribution in [0, 0.1) is 0 Å². The van der Waals surface area contributed by atoms with Gasteiger partial charge >= 0.3 is 0 Å². The number of ether oxygens (including phenoxy) is 1. The highest BCUT2D eigenvalue weighted by molar-refractivity contribution is 7.89. The Morgan fingerprint density at radius 1 is 1.22 bits per heavy atom. The fourth-order valence-corrected chi connectivity index (χ4v) is 3.86. The fourth-order valence-electron chi connectivity index (χ4n) is 2.56. The van der Waals surface area contributed by atoms with Gasteiger partial charge in [0.15, 0.2) is 6.61 Å². The molecular weight excluding hydrogens is 316 g/mol. The van der Waals surface area contributed by atoms with Crippen LogP contribution < -0.4 is 14.8 Å². The van der Waals surface area contributed by atoms with Crippen molar-refractivity contribution in [1.82, 2.24) is 10.0 Å². The van der Waals surface area contributed by atoms with Crippen LogP contribution in [0.5, 0.6) is 5.75 Å². The van der Waals surface area contributed by atoms with E-state index >= 15 is 0 Å². The number of benzene rings is 1. The monoisotopic (exact) mass is 340 g/mol. The molecule has 0 bridgehead atoms. The van der Waals surface area contributed by atoms with Gasteiger partial charge in [-0.05, 0) is 51.0 Å². The fraction of sp³-hybridized carbons (Fsp3) is 0.562. The Labute approximate surface area is 137 Å². The summed E-state index contributed by atoms with van der Waals surface area (Å²) in [4.78, 5) is 11.7. The van der Waals surface area contributed by atoms with Gasteiger partial charge in [0.05, 0.1) is 4.90 Å². The van der Waals surface area contributed by atoms with E-state index < -0.39 is 10.0 Å². The molecule has 0 spiro atoms. The molecule has 0 heterocycles. The molecule has 0 unspecified atom stereocenters. The van der Waals surface area contributed by atoms with Crippen molar-refractivity contribution in [2.24, 2.45) is 0 Å². The van der Waals surface area contributed by atoms with E-state index in [4.69, 9.17) is 4.74 Å². The number of hydrogen-bond acceptors (Lipinski definition) is 4. The third-order valence-electron chi connectivity index (χ3n) is 3.63. The molecule has 128 valence electrons. The van der Waals surface area contributed by atoms with Gasteiger partial charge in [-0.1, -0.05) is 12.8 Å². The number of carbonyl (C=O) groups excluding carboxylic acids is 1. The van der Waals surface area contributed by atoms with Crippen LogP contribution in [-0.2, 0) is 14.8 Å². The van der Waals surface area contributed by atoms with Crippen molar-refractivity contribution in [1.29, 1.82) is 0 Å². The molecule has 1 aromatic rings. The average molecular weight is 340 g/mol. The number of carbonyl (C=O) groups is 1. The standard InChI is InChI=1S/C16H24N2O4S/c1-12(2)17-16(19)11-22-14-7-9-15(10-8-14)23(20,21)18-13-5-3-4-6-13/h7-10,12-13,18H,3-6,11H2,1-2H3,(H,17,19). The van der Waals surface area contributed by atoms with E-state index in [-0.39, 0.29) is 29.5 Å². The summed E-state index contributed by atoms with van der Waals surface area (Å²) in [6.45, 7) is 3.65. The van der Waals surface area contributed by atoms with Gasteiger partial charge in [0.25, 0.3) is 5.91 Å². The van der Waals surface area contributed by atoms with Crippen molar-refractivity contribution in [3.63, 3.8) is 0 Å². The van der Waals surface area contributed by atoms with E-state index in [0.717, 1.165) is 25.7 Å². The number of nitrogens with one attached hydrogen (secondary N) is 2. The van der Waals surface area contributed by atoms with Crippen LogP contribution in [-0.4, -0.2) is 33.0 Å². The zero-order valence-electron chi connectivity index (χ0n) is 13.5. The lowest BCUT2D eigenvalue weighted by atomic mass is 10.3. The van der Waals surface area contributed by atoms with Crippen molar-refractivity contribution in [2.45, 2.75) is 56.5 Å². The van der Waals surface area contributed by atoms with E-state index in [2.05, 4.69) is 10.0 Å². The van der Waals surface area contributed by atoms with Gasteiger partial charge < -0.3 is 10.1 Å². The number of hydrogen-bond donors (Lipinski definition) is 2. The van der Waals surface area contributed by atoms with Crippen LogP contribution >= 0.6 is 0 Å². The summed E-state index contributed by atoms with van der Waals surface area (Å²) in [6.07, 6.45) is 3.92. The SMILES string of the molecule is CC(C)NC(=O)COc1ccc(S(=O)(=O)NC2CCCC2)cc1. The van der Waals surface area contributed by atoms with Crippen LogP contribution in [0.3, 0.4) is 0 Å². The molecule has 1 fully saturated rings. The summed E-state index contributed by atoms with van der Waals surface area (Å²) in [5, 5.41) is 2.72. The highest BCUT2D eigenvalue weighted by Crippen LogP contribution is 2.21. The molecule has 1 saturated carbocycles. The Balaban J connectivity index is 1.91. The van der Waals surface area contributed by atoms with E-state index in [1.165, 1.54) is 12.1 Å². The Kier molecular flexibility index (Phi) is 6.01. The van der Waals surface area contributed by atoms with Crippen LogP contribution in [0.1, 0.15) is 39.5 Å². The summed E-state index contributed by atoms with van der Waals surface area (Å²) < 4.78 is 32.6. The van der Waals surface area contributed by atoms with E-state index in [0.29, 0.717) is 5.75 Å². The van der Waals surface area contributed by atoms with Crippen LogP contribution in [0.4, 0.5) is 0 Å². The Hall–Kier alpha value is -1.60. The van der Waals surface area contributed by atoms with Crippen LogP contribution in [0.15, 0.2) is 29.2 Å². The molecule has 0 aliphatic heterocycles. The molecule has 2 N–H and O–H groups in total. The van der Waals surface area contributed by atoms with Crippen LogP contribution in [0.2, 0.25) is 0 Å². The first-order valence-corrected chi connectivity index (χ1v) is 9.40. The number of rotatable bonds is 7. The molecule has 23 heavy (non-hydrogen) atoms. The third kappa shape index (κ3) is 5.51. The molecule has 1 aliphatic carbocycles. The van der Waals surface area contributed by atoms with Gasteiger partial charge in [0.2, 0.25) is 10.0 Å². The Morgan fingerprint density at radius 2 is 1.83 bits per heavy atom. The minimum Gasteiger partial charge on any atom is -0.484 e.